The number of rotatable bonds is 3. The van der Waals surface area contributed by atoms with Gasteiger partial charge in [0.2, 0.25) is 5.91 Å². The molecule has 14 heavy (non-hydrogen) atoms. The number of carbonyl (C=O) groups excluding carboxylic acids is 1. The molecule has 1 fully saturated rings. The van der Waals surface area contributed by atoms with Crippen molar-refractivity contribution in [3.05, 3.63) is 0 Å². The quantitative estimate of drug-likeness (QED) is 0.508. The molecule has 1 rings (SSSR count). The van der Waals surface area contributed by atoms with E-state index in [9.17, 15) is 4.79 Å². The van der Waals surface area contributed by atoms with E-state index in [1.807, 2.05) is 0 Å². The molecule has 0 aromatic heterocycles. The molecule has 1 amide bonds. The summed E-state index contributed by atoms with van der Waals surface area (Å²) in [6.07, 6.45) is 7.59. The van der Waals surface area contributed by atoms with Crippen molar-refractivity contribution >= 4 is 5.91 Å². The molecule has 0 aromatic rings. The van der Waals surface area contributed by atoms with Gasteiger partial charge in [0.25, 0.3) is 0 Å². The van der Waals surface area contributed by atoms with Gasteiger partial charge < -0.3 is 10.6 Å². The predicted molar refractivity (Wildman–Crippen MR) is 56.6 cm³/mol. The van der Waals surface area contributed by atoms with Crippen LogP contribution in [0.1, 0.15) is 26.2 Å². The van der Waals surface area contributed by atoms with E-state index in [-0.39, 0.29) is 11.8 Å². The second-order valence-corrected chi connectivity index (χ2v) is 3.82. The summed E-state index contributed by atoms with van der Waals surface area (Å²) >= 11 is 0. The highest BCUT2D eigenvalue weighted by molar-refractivity contribution is 5.78. The molecule has 0 aliphatic carbocycles. The topological polar surface area (TPSA) is 41.1 Å². The summed E-state index contributed by atoms with van der Waals surface area (Å²) in [5.41, 5.74) is 0. The molecule has 1 saturated heterocycles. The maximum absolute atomic E-state index is 11.6. The summed E-state index contributed by atoms with van der Waals surface area (Å²) in [6, 6.07) is 0.451. The Labute approximate surface area is 85.6 Å². The van der Waals surface area contributed by atoms with E-state index in [1.165, 1.54) is 0 Å². The first-order valence-corrected chi connectivity index (χ1v) is 5.18. The first-order valence-electron chi connectivity index (χ1n) is 5.18. The number of amides is 1. The molecule has 2 N–H and O–H groups in total. The lowest BCUT2D eigenvalue weighted by molar-refractivity contribution is -0.126. The Morgan fingerprint density at radius 2 is 2.50 bits per heavy atom. The van der Waals surface area contributed by atoms with Gasteiger partial charge in [-0.05, 0) is 26.3 Å². The zero-order valence-electron chi connectivity index (χ0n) is 8.68. The third-order valence-corrected chi connectivity index (χ3v) is 2.56. The van der Waals surface area contributed by atoms with Crippen LogP contribution < -0.4 is 10.6 Å². The van der Waals surface area contributed by atoms with E-state index in [2.05, 4.69) is 23.5 Å². The Morgan fingerprint density at radius 3 is 3.14 bits per heavy atom. The number of carbonyl (C=O) groups is 1. The van der Waals surface area contributed by atoms with Crippen LogP contribution in [0.2, 0.25) is 0 Å². The van der Waals surface area contributed by atoms with Gasteiger partial charge in [0.15, 0.2) is 0 Å². The molecule has 0 spiro atoms. The molecule has 1 aliphatic heterocycles. The van der Waals surface area contributed by atoms with Crippen molar-refractivity contribution in [2.45, 2.75) is 32.2 Å². The van der Waals surface area contributed by atoms with Gasteiger partial charge in [-0.15, -0.1) is 12.3 Å². The van der Waals surface area contributed by atoms with E-state index in [1.54, 1.807) is 0 Å². The molecule has 1 aliphatic rings. The van der Waals surface area contributed by atoms with E-state index >= 15 is 0 Å². The van der Waals surface area contributed by atoms with Gasteiger partial charge in [-0.25, -0.2) is 0 Å². The van der Waals surface area contributed by atoms with Gasteiger partial charge in [-0.3, -0.25) is 4.79 Å². The van der Waals surface area contributed by atoms with Crippen LogP contribution in [0.25, 0.3) is 0 Å². The molecule has 1 heterocycles. The molecule has 0 saturated carbocycles. The van der Waals surface area contributed by atoms with Gasteiger partial charge in [-0.2, -0.15) is 0 Å². The van der Waals surface area contributed by atoms with Crippen molar-refractivity contribution in [1.29, 1.82) is 0 Å². The smallest absolute Gasteiger partial charge is 0.223 e. The zero-order chi connectivity index (χ0) is 10.4. The van der Waals surface area contributed by atoms with Crippen molar-refractivity contribution in [1.82, 2.24) is 10.6 Å². The summed E-state index contributed by atoms with van der Waals surface area (Å²) in [4.78, 5) is 11.6. The average Bonchev–Trinajstić information content (AvgIpc) is 2.18. The first kappa shape index (κ1) is 11.1. The van der Waals surface area contributed by atoms with Crippen LogP contribution in [-0.2, 0) is 4.79 Å². The molecule has 3 nitrogen and oxygen atoms in total. The number of hydrogen-bond donors (Lipinski definition) is 2. The minimum atomic E-state index is 0.161. The monoisotopic (exact) mass is 194 g/mol. The Kier molecular flexibility index (Phi) is 4.48. The number of hydrogen-bond acceptors (Lipinski definition) is 2. The Bertz CT molecular complexity index is 232. The first-order chi connectivity index (χ1) is 6.74. The van der Waals surface area contributed by atoms with Gasteiger partial charge >= 0.3 is 0 Å². The van der Waals surface area contributed by atoms with Crippen molar-refractivity contribution < 1.29 is 4.79 Å². The van der Waals surface area contributed by atoms with Gasteiger partial charge in [-0.1, -0.05) is 0 Å². The molecule has 78 valence electrons. The van der Waals surface area contributed by atoms with Crippen LogP contribution in [0.5, 0.6) is 0 Å². The molecule has 0 radical (unpaired) electrons. The molecule has 0 unspecified atom stereocenters. The molecule has 3 heteroatoms. The third-order valence-electron chi connectivity index (χ3n) is 2.56. The SMILES string of the molecule is C#CCCNC(=O)[C@H]1CCN[C@@H](C)C1. The lowest BCUT2D eigenvalue weighted by atomic mass is 9.92. The summed E-state index contributed by atoms with van der Waals surface area (Å²) in [5.74, 6) is 2.84. The Hall–Kier alpha value is -1.01. The summed E-state index contributed by atoms with van der Waals surface area (Å²) in [6.45, 7) is 3.66. The Balaban J connectivity index is 2.26. The zero-order valence-corrected chi connectivity index (χ0v) is 8.68. The normalized spacial score (nSPS) is 26.6. The largest absolute Gasteiger partial charge is 0.355 e. The highest BCUT2D eigenvalue weighted by Gasteiger charge is 2.23. The summed E-state index contributed by atoms with van der Waals surface area (Å²) < 4.78 is 0. The highest BCUT2D eigenvalue weighted by Crippen LogP contribution is 2.15. The minimum Gasteiger partial charge on any atom is -0.355 e. The van der Waals surface area contributed by atoms with Crippen LogP contribution >= 0.6 is 0 Å². The molecule has 0 aromatic carbocycles. The van der Waals surface area contributed by atoms with Gasteiger partial charge in [0, 0.05) is 24.9 Å². The minimum absolute atomic E-state index is 0.161. The van der Waals surface area contributed by atoms with E-state index in [0.29, 0.717) is 19.0 Å². The second-order valence-electron chi connectivity index (χ2n) is 3.82. The van der Waals surface area contributed by atoms with E-state index in [4.69, 9.17) is 6.42 Å². The van der Waals surface area contributed by atoms with Crippen LogP contribution in [0.15, 0.2) is 0 Å². The van der Waals surface area contributed by atoms with Crippen LogP contribution in [0.4, 0.5) is 0 Å². The summed E-state index contributed by atoms with van der Waals surface area (Å²) in [7, 11) is 0. The maximum Gasteiger partial charge on any atom is 0.223 e. The maximum atomic E-state index is 11.6. The molecule has 0 bridgehead atoms. The van der Waals surface area contributed by atoms with Gasteiger partial charge in [0.1, 0.15) is 0 Å². The van der Waals surface area contributed by atoms with Crippen molar-refractivity contribution in [3.63, 3.8) is 0 Å². The third kappa shape index (κ3) is 3.39. The number of piperidine rings is 1. The average molecular weight is 194 g/mol. The molecular formula is C11H18N2O. The standard InChI is InChI=1S/C11H18N2O/c1-3-4-6-13-11(14)10-5-7-12-9(2)8-10/h1,9-10,12H,4-8H2,2H3,(H,13,14)/t9-,10-/m0/s1. The summed E-state index contributed by atoms with van der Waals surface area (Å²) in [5, 5.41) is 6.19. The lowest BCUT2D eigenvalue weighted by Gasteiger charge is -2.26. The van der Waals surface area contributed by atoms with Crippen LogP contribution in [0, 0.1) is 18.3 Å². The number of nitrogens with one attached hydrogen (secondary N) is 2. The van der Waals surface area contributed by atoms with Crippen LogP contribution in [0.3, 0.4) is 0 Å². The fraction of sp³-hybridized carbons (Fsp3) is 0.727. The lowest BCUT2D eigenvalue weighted by Crippen LogP contribution is -2.42. The fourth-order valence-corrected chi connectivity index (χ4v) is 1.77. The van der Waals surface area contributed by atoms with E-state index in [0.717, 1.165) is 19.4 Å². The second kappa shape index (κ2) is 5.66. The highest BCUT2D eigenvalue weighted by atomic mass is 16.1. The Morgan fingerprint density at radius 1 is 1.71 bits per heavy atom. The predicted octanol–water partition coefficient (Wildman–Crippen LogP) is 0.514. The van der Waals surface area contributed by atoms with Crippen LogP contribution in [-0.4, -0.2) is 25.0 Å². The molecular weight excluding hydrogens is 176 g/mol. The number of terminal acetylenes is 1. The van der Waals surface area contributed by atoms with Crippen molar-refractivity contribution in [2.24, 2.45) is 5.92 Å². The molecule has 2 atom stereocenters. The van der Waals surface area contributed by atoms with Crippen molar-refractivity contribution in [3.8, 4) is 12.3 Å². The van der Waals surface area contributed by atoms with Gasteiger partial charge in [0.05, 0.1) is 0 Å². The van der Waals surface area contributed by atoms with Crippen molar-refractivity contribution in [2.75, 3.05) is 13.1 Å². The van der Waals surface area contributed by atoms with E-state index < -0.39 is 0 Å². The fourth-order valence-electron chi connectivity index (χ4n) is 1.77.